The molecule has 1 aliphatic heterocycles. The Hall–Kier alpha value is -3.97. The van der Waals surface area contributed by atoms with Crippen LogP contribution in [0.5, 0.6) is 0 Å². The van der Waals surface area contributed by atoms with Crippen LogP contribution in [0.2, 0.25) is 5.02 Å². The molecular weight excluding hydrogens is 432 g/mol. The summed E-state index contributed by atoms with van der Waals surface area (Å²) in [6.45, 7) is 1.90. The zero-order valence-corrected chi connectivity index (χ0v) is 17.6. The molecule has 0 aliphatic carbocycles. The Morgan fingerprint density at radius 3 is 2.12 bits per heavy atom. The molecule has 32 heavy (non-hydrogen) atoms. The molecule has 0 unspecified atom stereocenters. The molecule has 3 aromatic rings. The molecule has 1 N–H and O–H groups in total. The Kier molecular flexibility index (Phi) is 5.50. The van der Waals surface area contributed by atoms with Gasteiger partial charge >= 0.3 is 0 Å². The highest BCUT2D eigenvalue weighted by Gasteiger charge is 2.47. The van der Waals surface area contributed by atoms with Gasteiger partial charge in [0.1, 0.15) is 5.76 Å². The van der Waals surface area contributed by atoms with E-state index < -0.39 is 22.7 Å². The molecule has 0 radical (unpaired) electrons. The van der Waals surface area contributed by atoms with Gasteiger partial charge in [-0.25, -0.2) is 0 Å². The SMILES string of the molecule is Cc1ccc(N2C(=O)C(=O)C(=C(O)c3ccc(Cl)cc3)[C@H]2c2ccc([N+](=O)[O-])cc2)cc1. The normalized spacial score (nSPS) is 17.6. The molecule has 8 heteroatoms. The fourth-order valence-electron chi connectivity index (χ4n) is 3.66. The molecule has 1 heterocycles. The predicted molar refractivity (Wildman–Crippen MR) is 121 cm³/mol. The molecule has 1 aliphatic rings. The van der Waals surface area contributed by atoms with Crippen molar-refractivity contribution in [1.82, 2.24) is 0 Å². The largest absolute Gasteiger partial charge is 0.507 e. The standard InChI is InChI=1S/C24H17ClN2O5/c1-14-2-10-18(11-3-14)26-21(15-6-12-19(13-7-15)27(31)32)20(23(29)24(26)30)22(28)16-4-8-17(25)9-5-16/h2-13,21,28H,1H3/t21-/m1/s1. The van der Waals surface area contributed by atoms with Crippen molar-refractivity contribution in [2.75, 3.05) is 4.90 Å². The van der Waals surface area contributed by atoms with Gasteiger partial charge in [0, 0.05) is 28.4 Å². The molecule has 1 atom stereocenters. The minimum atomic E-state index is -0.964. The van der Waals surface area contributed by atoms with Crippen molar-refractivity contribution in [3.63, 3.8) is 0 Å². The third-order valence-corrected chi connectivity index (χ3v) is 5.55. The number of halogens is 1. The molecule has 7 nitrogen and oxygen atoms in total. The zero-order chi connectivity index (χ0) is 23.0. The number of hydrogen-bond acceptors (Lipinski definition) is 5. The number of benzene rings is 3. The third-order valence-electron chi connectivity index (χ3n) is 5.29. The average Bonchev–Trinajstić information content (AvgIpc) is 3.05. The summed E-state index contributed by atoms with van der Waals surface area (Å²) in [6.07, 6.45) is 0. The van der Waals surface area contributed by atoms with Crippen LogP contribution < -0.4 is 4.90 Å². The topological polar surface area (TPSA) is 101 Å². The van der Waals surface area contributed by atoms with Crippen molar-refractivity contribution in [1.29, 1.82) is 0 Å². The van der Waals surface area contributed by atoms with Crippen molar-refractivity contribution in [2.45, 2.75) is 13.0 Å². The smallest absolute Gasteiger partial charge is 0.300 e. The number of ketones is 1. The van der Waals surface area contributed by atoms with Gasteiger partial charge in [-0.1, -0.05) is 29.3 Å². The predicted octanol–water partition coefficient (Wildman–Crippen LogP) is 5.18. The van der Waals surface area contributed by atoms with Gasteiger partial charge in [-0.2, -0.15) is 0 Å². The monoisotopic (exact) mass is 448 g/mol. The highest BCUT2D eigenvalue weighted by molar-refractivity contribution is 6.51. The lowest BCUT2D eigenvalue weighted by Crippen LogP contribution is -2.29. The molecule has 1 saturated heterocycles. The Labute approximate surface area is 188 Å². The van der Waals surface area contributed by atoms with Crippen LogP contribution in [0.25, 0.3) is 5.76 Å². The maximum Gasteiger partial charge on any atom is 0.300 e. The van der Waals surface area contributed by atoms with Crippen molar-refractivity contribution in [2.24, 2.45) is 0 Å². The summed E-state index contributed by atoms with van der Waals surface area (Å²) in [4.78, 5) is 37.9. The number of nitrogens with zero attached hydrogens (tertiary/aromatic N) is 2. The molecule has 1 amide bonds. The number of anilines is 1. The van der Waals surface area contributed by atoms with Crippen LogP contribution in [-0.2, 0) is 9.59 Å². The summed E-state index contributed by atoms with van der Waals surface area (Å²) in [6, 6.07) is 17.8. The van der Waals surface area contributed by atoms with Gasteiger partial charge in [-0.05, 0) is 61.0 Å². The Balaban J connectivity index is 1.92. The van der Waals surface area contributed by atoms with Gasteiger partial charge in [0.15, 0.2) is 0 Å². The summed E-state index contributed by atoms with van der Waals surface area (Å²) >= 11 is 5.93. The molecule has 3 aromatic carbocycles. The van der Waals surface area contributed by atoms with Crippen molar-refractivity contribution in [3.8, 4) is 0 Å². The minimum absolute atomic E-state index is 0.105. The number of amides is 1. The highest BCUT2D eigenvalue weighted by atomic mass is 35.5. The lowest BCUT2D eigenvalue weighted by Gasteiger charge is -2.25. The summed E-state index contributed by atoms with van der Waals surface area (Å²) in [5.41, 5.74) is 1.98. The third kappa shape index (κ3) is 3.74. The first kappa shape index (κ1) is 21.3. The fourth-order valence-corrected chi connectivity index (χ4v) is 3.79. The van der Waals surface area contributed by atoms with Crippen molar-refractivity contribution >= 4 is 40.4 Å². The van der Waals surface area contributed by atoms with Gasteiger partial charge in [0.25, 0.3) is 17.4 Å². The van der Waals surface area contributed by atoms with E-state index in [0.717, 1.165) is 5.56 Å². The number of rotatable bonds is 4. The first-order valence-corrected chi connectivity index (χ1v) is 10.0. The number of nitro groups is 1. The first-order chi connectivity index (χ1) is 15.3. The Morgan fingerprint density at radius 2 is 1.56 bits per heavy atom. The first-order valence-electron chi connectivity index (χ1n) is 9.66. The molecular formula is C24H17ClN2O5. The average molecular weight is 449 g/mol. The van der Waals surface area contributed by atoms with Gasteiger partial charge in [-0.15, -0.1) is 0 Å². The molecule has 160 valence electrons. The number of nitro benzene ring substituents is 1. The second-order valence-corrected chi connectivity index (χ2v) is 7.80. The number of carbonyl (C=O) groups excluding carboxylic acids is 2. The lowest BCUT2D eigenvalue weighted by atomic mass is 9.95. The highest BCUT2D eigenvalue weighted by Crippen LogP contribution is 2.42. The van der Waals surface area contributed by atoms with Gasteiger partial charge < -0.3 is 5.11 Å². The number of hydrogen-bond donors (Lipinski definition) is 1. The maximum absolute atomic E-state index is 13.1. The van der Waals surface area contributed by atoms with E-state index in [1.807, 2.05) is 6.92 Å². The fraction of sp³-hybridized carbons (Fsp3) is 0.0833. The number of aryl methyl sites for hydroxylation is 1. The Bertz CT molecular complexity index is 1250. The zero-order valence-electron chi connectivity index (χ0n) is 16.9. The molecule has 0 spiro atoms. The number of carbonyl (C=O) groups is 2. The van der Waals surface area contributed by atoms with Gasteiger partial charge in [-0.3, -0.25) is 24.6 Å². The number of Topliss-reactive ketones (excluding diaryl/α,β-unsaturated/α-hetero) is 1. The van der Waals surface area contributed by atoms with E-state index in [1.54, 1.807) is 48.5 Å². The van der Waals surface area contributed by atoms with E-state index in [9.17, 15) is 24.8 Å². The quantitative estimate of drug-likeness (QED) is 0.195. The minimum Gasteiger partial charge on any atom is -0.507 e. The second kappa shape index (κ2) is 8.28. The van der Waals surface area contributed by atoms with Crippen LogP contribution in [0.1, 0.15) is 22.7 Å². The van der Waals surface area contributed by atoms with Crippen LogP contribution >= 0.6 is 11.6 Å². The lowest BCUT2D eigenvalue weighted by molar-refractivity contribution is -0.384. The number of non-ortho nitro benzene ring substituents is 1. The maximum atomic E-state index is 13.1. The number of aliphatic hydroxyl groups excluding tert-OH is 1. The summed E-state index contributed by atoms with van der Waals surface area (Å²) < 4.78 is 0. The van der Waals surface area contributed by atoms with Crippen LogP contribution in [-0.4, -0.2) is 21.7 Å². The van der Waals surface area contributed by atoms with Crippen LogP contribution in [0.4, 0.5) is 11.4 Å². The van der Waals surface area contributed by atoms with Crippen LogP contribution in [0.3, 0.4) is 0 Å². The van der Waals surface area contributed by atoms with E-state index in [0.29, 0.717) is 21.8 Å². The second-order valence-electron chi connectivity index (χ2n) is 7.36. The van der Waals surface area contributed by atoms with Crippen LogP contribution in [0, 0.1) is 17.0 Å². The summed E-state index contributed by atoms with van der Waals surface area (Å²) in [5, 5.41) is 22.5. The van der Waals surface area contributed by atoms with E-state index in [4.69, 9.17) is 11.6 Å². The molecule has 0 saturated carbocycles. The number of aliphatic hydroxyl groups is 1. The summed E-state index contributed by atoms with van der Waals surface area (Å²) in [5.74, 6) is -1.99. The summed E-state index contributed by atoms with van der Waals surface area (Å²) in [7, 11) is 0. The van der Waals surface area contributed by atoms with Gasteiger partial charge in [0.05, 0.1) is 16.5 Å². The molecule has 0 bridgehead atoms. The van der Waals surface area contributed by atoms with E-state index in [-0.39, 0.29) is 17.0 Å². The van der Waals surface area contributed by atoms with Crippen LogP contribution in [0.15, 0.2) is 78.4 Å². The molecule has 0 aromatic heterocycles. The van der Waals surface area contributed by atoms with E-state index >= 15 is 0 Å². The van der Waals surface area contributed by atoms with Crippen molar-refractivity contribution < 1.29 is 19.6 Å². The van der Waals surface area contributed by atoms with E-state index in [1.165, 1.54) is 29.2 Å². The molecule has 4 rings (SSSR count). The van der Waals surface area contributed by atoms with E-state index in [2.05, 4.69) is 0 Å². The van der Waals surface area contributed by atoms with Crippen molar-refractivity contribution in [3.05, 3.63) is 110 Å². The molecule has 1 fully saturated rings. The van der Waals surface area contributed by atoms with Gasteiger partial charge in [0.2, 0.25) is 0 Å². The Morgan fingerprint density at radius 1 is 0.969 bits per heavy atom.